The van der Waals surface area contributed by atoms with Crippen molar-refractivity contribution in [1.82, 2.24) is 5.32 Å². The normalized spacial score (nSPS) is 13.2. The molecule has 0 radical (unpaired) electrons. The molecular formula is C16H23F2NO2. The summed E-state index contributed by atoms with van der Waals surface area (Å²) in [7, 11) is 0. The smallest absolute Gasteiger partial charge is 0.310 e. The number of carbonyl (C=O) groups is 1. The van der Waals surface area contributed by atoms with Crippen molar-refractivity contribution in [2.24, 2.45) is 5.41 Å². The molecule has 0 saturated carbocycles. The van der Waals surface area contributed by atoms with E-state index in [0.717, 1.165) is 6.07 Å². The SMILES string of the molecule is CCC(CC)(CNCC(C)c1cc(F)cc(F)c1)C(=O)O. The molecule has 0 aromatic heterocycles. The number of hydrogen-bond donors (Lipinski definition) is 2. The molecule has 1 unspecified atom stereocenters. The maximum atomic E-state index is 13.2. The van der Waals surface area contributed by atoms with Gasteiger partial charge in [0, 0.05) is 19.2 Å². The monoisotopic (exact) mass is 299 g/mol. The first-order valence-electron chi connectivity index (χ1n) is 7.24. The van der Waals surface area contributed by atoms with Gasteiger partial charge in [0.05, 0.1) is 5.41 Å². The maximum absolute atomic E-state index is 13.2. The van der Waals surface area contributed by atoms with Gasteiger partial charge in [0.25, 0.3) is 0 Å². The molecule has 0 aliphatic carbocycles. The molecule has 0 bridgehead atoms. The minimum absolute atomic E-state index is 0.101. The van der Waals surface area contributed by atoms with Crippen molar-refractivity contribution in [1.29, 1.82) is 0 Å². The van der Waals surface area contributed by atoms with E-state index >= 15 is 0 Å². The zero-order valence-electron chi connectivity index (χ0n) is 12.7. The van der Waals surface area contributed by atoms with Gasteiger partial charge in [-0.1, -0.05) is 20.8 Å². The number of hydrogen-bond acceptors (Lipinski definition) is 2. The van der Waals surface area contributed by atoms with Gasteiger partial charge in [0.2, 0.25) is 0 Å². The fourth-order valence-electron chi connectivity index (χ4n) is 2.38. The summed E-state index contributed by atoms with van der Waals surface area (Å²) in [5.41, 5.74) is -0.221. The molecule has 1 aromatic rings. The van der Waals surface area contributed by atoms with Gasteiger partial charge in [-0.25, -0.2) is 8.78 Å². The van der Waals surface area contributed by atoms with Crippen LogP contribution in [0.15, 0.2) is 18.2 Å². The largest absolute Gasteiger partial charge is 0.481 e. The predicted molar refractivity (Wildman–Crippen MR) is 78.3 cm³/mol. The molecule has 21 heavy (non-hydrogen) atoms. The first-order chi connectivity index (χ1) is 9.84. The van der Waals surface area contributed by atoms with Crippen molar-refractivity contribution >= 4 is 5.97 Å². The molecule has 0 spiro atoms. The average molecular weight is 299 g/mol. The lowest BCUT2D eigenvalue weighted by atomic mass is 9.82. The molecule has 0 aliphatic heterocycles. The first kappa shape index (κ1) is 17.6. The van der Waals surface area contributed by atoms with E-state index in [-0.39, 0.29) is 5.92 Å². The van der Waals surface area contributed by atoms with E-state index in [1.165, 1.54) is 12.1 Å². The van der Waals surface area contributed by atoms with Gasteiger partial charge in [-0.05, 0) is 36.5 Å². The van der Waals surface area contributed by atoms with Crippen molar-refractivity contribution in [3.8, 4) is 0 Å². The zero-order valence-corrected chi connectivity index (χ0v) is 12.7. The number of nitrogens with one attached hydrogen (secondary N) is 1. The Bertz CT molecular complexity index is 467. The van der Waals surface area contributed by atoms with Gasteiger partial charge in [0.15, 0.2) is 0 Å². The lowest BCUT2D eigenvalue weighted by molar-refractivity contribution is -0.149. The number of rotatable bonds is 8. The molecular weight excluding hydrogens is 276 g/mol. The van der Waals surface area contributed by atoms with Gasteiger partial charge in [-0.15, -0.1) is 0 Å². The molecule has 118 valence electrons. The van der Waals surface area contributed by atoms with Crippen LogP contribution in [0.4, 0.5) is 8.78 Å². The number of carboxylic acids is 1. The van der Waals surface area contributed by atoms with E-state index in [2.05, 4.69) is 5.32 Å². The summed E-state index contributed by atoms with van der Waals surface area (Å²) in [4.78, 5) is 11.4. The predicted octanol–water partition coefficient (Wildman–Crippen LogP) is 3.55. The van der Waals surface area contributed by atoms with Crippen molar-refractivity contribution < 1.29 is 18.7 Å². The van der Waals surface area contributed by atoms with E-state index < -0.39 is 23.0 Å². The third-order valence-electron chi connectivity index (χ3n) is 4.18. The molecule has 1 aromatic carbocycles. The Morgan fingerprint density at radius 1 is 1.24 bits per heavy atom. The Morgan fingerprint density at radius 2 is 1.76 bits per heavy atom. The van der Waals surface area contributed by atoms with Gasteiger partial charge >= 0.3 is 5.97 Å². The van der Waals surface area contributed by atoms with Crippen molar-refractivity contribution in [3.05, 3.63) is 35.4 Å². The molecule has 1 rings (SSSR count). The van der Waals surface area contributed by atoms with Gasteiger partial charge in [0.1, 0.15) is 11.6 Å². The molecule has 5 heteroatoms. The second kappa shape index (κ2) is 7.50. The van der Waals surface area contributed by atoms with Gasteiger partial charge in [-0.3, -0.25) is 4.79 Å². The lowest BCUT2D eigenvalue weighted by Crippen LogP contribution is -2.41. The third-order valence-corrected chi connectivity index (χ3v) is 4.18. The van der Waals surface area contributed by atoms with Crippen molar-refractivity contribution in [2.45, 2.75) is 39.5 Å². The highest BCUT2D eigenvalue weighted by Gasteiger charge is 2.34. The summed E-state index contributed by atoms with van der Waals surface area (Å²) < 4.78 is 26.4. The first-order valence-corrected chi connectivity index (χ1v) is 7.24. The van der Waals surface area contributed by atoms with Crippen LogP contribution in [0, 0.1) is 17.0 Å². The van der Waals surface area contributed by atoms with Crippen LogP contribution in [0.5, 0.6) is 0 Å². The van der Waals surface area contributed by atoms with E-state index in [1.807, 2.05) is 20.8 Å². The number of carboxylic acid groups (broad SMARTS) is 1. The molecule has 0 aliphatic rings. The summed E-state index contributed by atoms with van der Waals surface area (Å²) in [6.45, 7) is 6.37. The summed E-state index contributed by atoms with van der Waals surface area (Å²) in [6.07, 6.45) is 1.07. The molecule has 3 nitrogen and oxygen atoms in total. The topological polar surface area (TPSA) is 49.3 Å². The molecule has 2 N–H and O–H groups in total. The van der Waals surface area contributed by atoms with E-state index in [4.69, 9.17) is 0 Å². The summed E-state index contributed by atoms with van der Waals surface area (Å²) in [6, 6.07) is 3.45. The van der Waals surface area contributed by atoms with Crippen LogP contribution >= 0.6 is 0 Å². The highest BCUT2D eigenvalue weighted by Crippen LogP contribution is 2.26. The highest BCUT2D eigenvalue weighted by atomic mass is 19.1. The minimum atomic E-state index is -0.815. The Balaban J connectivity index is 2.64. The van der Waals surface area contributed by atoms with E-state index in [1.54, 1.807) is 0 Å². The van der Waals surface area contributed by atoms with Gasteiger partial charge < -0.3 is 10.4 Å². The molecule has 0 amide bonds. The fraction of sp³-hybridized carbons (Fsp3) is 0.562. The average Bonchev–Trinajstić information content (AvgIpc) is 2.42. The Hall–Kier alpha value is -1.49. The van der Waals surface area contributed by atoms with E-state index in [0.29, 0.717) is 31.5 Å². The summed E-state index contributed by atoms with van der Waals surface area (Å²) >= 11 is 0. The van der Waals surface area contributed by atoms with Crippen LogP contribution in [-0.4, -0.2) is 24.2 Å². The summed E-state index contributed by atoms with van der Waals surface area (Å²) in [5.74, 6) is -2.11. The van der Waals surface area contributed by atoms with E-state index in [9.17, 15) is 18.7 Å². The van der Waals surface area contributed by atoms with Gasteiger partial charge in [-0.2, -0.15) is 0 Å². The standard InChI is InChI=1S/C16H23F2NO2/c1-4-16(5-2,15(20)21)10-19-9-11(3)12-6-13(17)8-14(18)7-12/h6-8,11,19H,4-5,9-10H2,1-3H3,(H,20,21). The molecule has 1 atom stereocenters. The van der Waals surface area contributed by atoms with Crippen LogP contribution < -0.4 is 5.32 Å². The fourth-order valence-corrected chi connectivity index (χ4v) is 2.38. The summed E-state index contributed by atoms with van der Waals surface area (Å²) in [5, 5.41) is 12.5. The van der Waals surface area contributed by atoms with Crippen LogP contribution in [0.2, 0.25) is 0 Å². The van der Waals surface area contributed by atoms with Crippen LogP contribution in [0.25, 0.3) is 0 Å². The number of aliphatic carboxylic acids is 1. The number of benzene rings is 1. The maximum Gasteiger partial charge on any atom is 0.310 e. The Kier molecular flexibility index (Phi) is 6.27. The zero-order chi connectivity index (χ0) is 16.0. The molecule has 0 fully saturated rings. The quantitative estimate of drug-likeness (QED) is 0.772. The Morgan fingerprint density at radius 3 is 2.19 bits per heavy atom. The van der Waals surface area contributed by atoms with Crippen LogP contribution in [0.1, 0.15) is 45.1 Å². The lowest BCUT2D eigenvalue weighted by Gasteiger charge is -2.27. The Labute approximate surface area is 124 Å². The second-order valence-corrected chi connectivity index (χ2v) is 5.53. The van der Waals surface area contributed by atoms with Crippen LogP contribution in [-0.2, 0) is 4.79 Å². The number of halogens is 2. The molecule has 0 heterocycles. The second-order valence-electron chi connectivity index (χ2n) is 5.53. The molecule has 0 saturated heterocycles. The minimum Gasteiger partial charge on any atom is -0.481 e. The highest BCUT2D eigenvalue weighted by molar-refractivity contribution is 5.74. The van der Waals surface area contributed by atoms with Crippen molar-refractivity contribution in [3.63, 3.8) is 0 Å². The van der Waals surface area contributed by atoms with Crippen LogP contribution in [0.3, 0.4) is 0 Å². The third kappa shape index (κ3) is 4.49. The van der Waals surface area contributed by atoms with Crippen molar-refractivity contribution in [2.75, 3.05) is 13.1 Å².